The number of fused-ring (bicyclic) bond motifs is 8. The van der Waals surface area contributed by atoms with Crippen molar-refractivity contribution in [3.8, 4) is 0 Å². The molecule has 0 spiro atoms. The fourth-order valence-corrected chi connectivity index (χ4v) is 5.38. The van der Waals surface area contributed by atoms with E-state index in [-0.39, 0.29) is 0 Å². The van der Waals surface area contributed by atoms with E-state index in [2.05, 4.69) is 43.5 Å². The number of nitrogens with one attached hydrogen (secondary N) is 4. The molecule has 2 aliphatic rings. The molecule has 7 rings (SSSR count). The van der Waals surface area contributed by atoms with Crippen molar-refractivity contribution in [1.29, 1.82) is 0 Å². The first-order valence-electron chi connectivity index (χ1n) is 12.9. The van der Waals surface area contributed by atoms with Gasteiger partial charge in [0.1, 0.15) is 12.2 Å². The van der Waals surface area contributed by atoms with Crippen molar-refractivity contribution in [3.63, 3.8) is 0 Å². The quantitative estimate of drug-likeness (QED) is 0.218. The Labute approximate surface area is 224 Å². The molecular formula is C32H27N5O2. The molecule has 0 amide bonds. The van der Waals surface area contributed by atoms with E-state index in [1.165, 1.54) is 0 Å². The molecule has 0 aliphatic carbocycles. The van der Waals surface area contributed by atoms with Gasteiger partial charge in [0, 0.05) is 62.7 Å². The summed E-state index contributed by atoms with van der Waals surface area (Å²) >= 11 is 0. The Morgan fingerprint density at radius 1 is 0.641 bits per heavy atom. The van der Waals surface area contributed by atoms with E-state index in [1.54, 1.807) is 12.4 Å². The van der Waals surface area contributed by atoms with Crippen LogP contribution < -0.4 is 16.0 Å². The number of aromatic nitrogens is 4. The molecular weight excluding hydrogens is 486 g/mol. The Morgan fingerprint density at radius 2 is 1.31 bits per heavy atom. The highest BCUT2D eigenvalue weighted by Crippen LogP contribution is 2.34. The molecule has 7 heteroatoms. The van der Waals surface area contributed by atoms with E-state index in [1.807, 2.05) is 73.7 Å². The minimum absolute atomic E-state index is 0.522. The number of benzene rings is 1. The first-order chi connectivity index (χ1) is 19.0. The van der Waals surface area contributed by atoms with Gasteiger partial charge in [0.2, 0.25) is 0 Å². The third-order valence-corrected chi connectivity index (χ3v) is 7.33. The normalized spacial score (nSPS) is 18.5. The smallest absolute Gasteiger partial charge is 0.126 e. The first kappa shape index (κ1) is 23.3. The van der Waals surface area contributed by atoms with Crippen LogP contribution in [0.3, 0.4) is 0 Å². The van der Waals surface area contributed by atoms with Gasteiger partial charge in [-0.25, -0.2) is 0 Å². The molecule has 2 atom stereocenters. The van der Waals surface area contributed by atoms with Gasteiger partial charge in [-0.3, -0.25) is 4.98 Å². The number of hydrogen-bond donors (Lipinski definition) is 6. The van der Waals surface area contributed by atoms with Crippen LogP contribution in [0.4, 0.5) is 0 Å². The number of hydrogen-bond acceptors (Lipinski definition) is 4. The Balaban J connectivity index is 1.50. The maximum atomic E-state index is 11.2. The maximum Gasteiger partial charge on any atom is 0.126 e. The van der Waals surface area contributed by atoms with Crippen LogP contribution in [0, 0.1) is 6.92 Å². The number of H-pyrrole nitrogens is 3. The van der Waals surface area contributed by atoms with Crippen LogP contribution >= 0.6 is 0 Å². The summed E-state index contributed by atoms with van der Waals surface area (Å²) in [7, 11) is 0. The van der Waals surface area contributed by atoms with Crippen molar-refractivity contribution < 1.29 is 10.2 Å². The Morgan fingerprint density at radius 3 is 2.05 bits per heavy atom. The van der Waals surface area contributed by atoms with Crippen molar-refractivity contribution in [2.45, 2.75) is 19.1 Å². The summed E-state index contributed by atoms with van der Waals surface area (Å²) in [5, 5.41) is 27.6. The first-order valence-corrected chi connectivity index (χ1v) is 12.9. The molecule has 192 valence electrons. The molecule has 2 unspecified atom stereocenters. The van der Waals surface area contributed by atoms with E-state index < -0.39 is 12.2 Å². The topological polar surface area (TPSA) is 113 Å². The van der Waals surface area contributed by atoms with Gasteiger partial charge in [0.25, 0.3) is 0 Å². The van der Waals surface area contributed by atoms with Crippen LogP contribution in [0.1, 0.15) is 39.5 Å². The average molecular weight is 514 g/mol. The fourth-order valence-electron chi connectivity index (χ4n) is 5.38. The summed E-state index contributed by atoms with van der Waals surface area (Å²) in [4.78, 5) is 14.8. The number of aromatic amines is 3. The second-order valence-corrected chi connectivity index (χ2v) is 10.0. The standard InChI is InChI=1S/C32H27N5O2/c1-18-2-4-19(5-3-18)29-26-11-7-22(35-26)16-21-6-9-24(34-21)28(20-12-14-33-15-13-20)25-10-8-23(36-25)17-27-31(38)32(39)30(29)37-27/h2-17,31-32,34-39H,1H3. The van der Waals surface area contributed by atoms with Crippen LogP contribution in [-0.2, 0) is 0 Å². The number of rotatable bonds is 2. The Bertz CT molecular complexity index is 1870. The minimum Gasteiger partial charge on any atom is -0.384 e. The average Bonchev–Trinajstić information content (AvgIpc) is 3.74. The van der Waals surface area contributed by atoms with Crippen LogP contribution in [0.2, 0.25) is 0 Å². The number of pyridine rings is 1. The summed E-state index contributed by atoms with van der Waals surface area (Å²) in [6, 6.07) is 24.3. The second kappa shape index (κ2) is 9.16. The molecule has 4 aromatic heterocycles. The highest BCUT2D eigenvalue weighted by Gasteiger charge is 2.35. The predicted molar refractivity (Wildman–Crippen MR) is 151 cm³/mol. The Kier molecular flexibility index (Phi) is 5.47. The molecule has 1 fully saturated rings. The zero-order valence-corrected chi connectivity index (χ0v) is 21.2. The van der Waals surface area contributed by atoms with Crippen LogP contribution in [0.25, 0.3) is 23.3 Å². The molecule has 1 aromatic carbocycles. The molecule has 8 bridgehead atoms. The number of nitrogens with zero attached hydrogens (tertiary/aromatic N) is 1. The lowest BCUT2D eigenvalue weighted by Crippen LogP contribution is -2.22. The van der Waals surface area contributed by atoms with Crippen LogP contribution in [-0.4, -0.2) is 42.4 Å². The van der Waals surface area contributed by atoms with E-state index in [4.69, 9.17) is 0 Å². The SMILES string of the molecule is Cc1ccc(C2=C3NC(=Cc4ccc([nH]4)C(c4ccncc4)=c4ccc([nH]4)=Cc4ccc2[nH]4)C(O)C3O)cc1. The largest absolute Gasteiger partial charge is 0.384 e. The lowest BCUT2D eigenvalue weighted by molar-refractivity contribution is 0.0816. The number of aryl methyl sites for hydroxylation is 1. The molecule has 7 nitrogen and oxygen atoms in total. The molecule has 6 N–H and O–H groups in total. The van der Waals surface area contributed by atoms with Gasteiger partial charge in [-0.2, -0.15) is 0 Å². The summed E-state index contributed by atoms with van der Waals surface area (Å²) in [5.74, 6) is 0. The molecule has 6 heterocycles. The van der Waals surface area contributed by atoms with Crippen molar-refractivity contribution in [2.75, 3.05) is 0 Å². The summed E-state index contributed by atoms with van der Waals surface area (Å²) < 4.78 is 0. The Hall–Kier alpha value is -4.85. The van der Waals surface area contributed by atoms with Gasteiger partial charge in [-0.05, 0) is 78.7 Å². The van der Waals surface area contributed by atoms with Crippen molar-refractivity contribution in [2.24, 2.45) is 0 Å². The zero-order chi connectivity index (χ0) is 26.5. The lowest BCUT2D eigenvalue weighted by Gasteiger charge is -2.14. The predicted octanol–water partition coefficient (Wildman–Crippen LogP) is 2.89. The lowest BCUT2D eigenvalue weighted by atomic mass is 9.97. The fraction of sp³-hybridized carbons (Fsp3) is 0.0938. The maximum absolute atomic E-state index is 11.2. The number of aliphatic hydroxyl groups is 2. The summed E-state index contributed by atoms with van der Waals surface area (Å²) in [6.45, 7) is 2.04. The molecule has 1 saturated heterocycles. The monoisotopic (exact) mass is 513 g/mol. The van der Waals surface area contributed by atoms with Gasteiger partial charge in [-0.15, -0.1) is 0 Å². The second-order valence-electron chi connectivity index (χ2n) is 10.0. The molecule has 0 saturated carbocycles. The van der Waals surface area contributed by atoms with Crippen molar-refractivity contribution in [3.05, 3.63) is 147 Å². The third kappa shape index (κ3) is 4.14. The molecule has 5 aromatic rings. The van der Waals surface area contributed by atoms with Crippen molar-refractivity contribution >= 4 is 23.3 Å². The molecule has 0 radical (unpaired) electrons. The van der Waals surface area contributed by atoms with Crippen LogP contribution in [0.15, 0.2) is 96.6 Å². The van der Waals surface area contributed by atoms with E-state index >= 15 is 0 Å². The van der Waals surface area contributed by atoms with Gasteiger partial charge >= 0.3 is 0 Å². The van der Waals surface area contributed by atoms with E-state index in [0.717, 1.165) is 61.3 Å². The van der Waals surface area contributed by atoms with E-state index in [0.29, 0.717) is 11.4 Å². The van der Waals surface area contributed by atoms with Crippen molar-refractivity contribution in [1.82, 2.24) is 25.3 Å². The van der Waals surface area contributed by atoms with Gasteiger partial charge < -0.3 is 30.5 Å². The van der Waals surface area contributed by atoms with E-state index in [9.17, 15) is 10.2 Å². The third-order valence-electron chi connectivity index (χ3n) is 7.33. The minimum atomic E-state index is -1.11. The molecule has 39 heavy (non-hydrogen) atoms. The van der Waals surface area contributed by atoms with Crippen LogP contribution in [0.5, 0.6) is 0 Å². The van der Waals surface area contributed by atoms with Gasteiger partial charge in [-0.1, -0.05) is 29.8 Å². The summed E-state index contributed by atoms with van der Waals surface area (Å²) in [5.41, 5.74) is 9.45. The highest BCUT2D eigenvalue weighted by atomic mass is 16.3. The van der Waals surface area contributed by atoms with Gasteiger partial charge in [0.05, 0.1) is 5.70 Å². The number of aliphatic hydroxyl groups excluding tert-OH is 2. The molecule has 2 aliphatic heterocycles. The summed E-state index contributed by atoms with van der Waals surface area (Å²) in [6.07, 6.45) is 5.25. The van der Waals surface area contributed by atoms with Gasteiger partial charge in [0.15, 0.2) is 0 Å². The highest BCUT2D eigenvalue weighted by molar-refractivity contribution is 5.83. The zero-order valence-electron chi connectivity index (χ0n) is 21.2.